The molecule has 0 aliphatic carbocycles. The molecule has 112 valence electrons. The van der Waals surface area contributed by atoms with E-state index in [4.69, 9.17) is 0 Å². The molecule has 0 saturated carbocycles. The number of hydrogen-bond acceptors (Lipinski definition) is 1. The second kappa shape index (κ2) is 12.3. The van der Waals surface area contributed by atoms with Gasteiger partial charge in [-0.3, -0.25) is 0 Å². The first-order valence-electron chi connectivity index (χ1n) is 8.17. The van der Waals surface area contributed by atoms with Crippen LogP contribution in [0.1, 0.15) is 78.6 Å². The summed E-state index contributed by atoms with van der Waals surface area (Å²) in [5.41, 5.74) is 2.51. The van der Waals surface area contributed by atoms with Crippen LogP contribution in [-0.2, 0) is 0 Å². The molecule has 0 amide bonds. The van der Waals surface area contributed by atoms with Crippen molar-refractivity contribution in [3.05, 3.63) is 24.4 Å². The minimum absolute atomic E-state index is 0.593. The average Bonchev–Trinajstić information content (AvgIpc) is 2.38. The molecule has 0 saturated heterocycles. The molecule has 0 aromatic rings. The predicted octanol–water partition coefficient (Wildman–Crippen LogP) is 5.83. The molecule has 0 radical (unpaired) electrons. The highest BCUT2D eigenvalue weighted by molar-refractivity contribution is 5.02. The molecule has 0 aromatic carbocycles. The number of allylic oxidation sites excluding steroid dienone is 2. The monoisotopic (exact) mass is 265 g/mol. The van der Waals surface area contributed by atoms with E-state index in [9.17, 15) is 0 Å². The largest absolute Gasteiger partial charge is 0.389 e. The second-order valence-electron chi connectivity index (χ2n) is 5.96. The first-order chi connectivity index (χ1) is 9.07. The molecule has 0 spiro atoms. The fourth-order valence-electron chi connectivity index (χ4n) is 2.04. The van der Waals surface area contributed by atoms with E-state index in [0.717, 1.165) is 19.4 Å². The van der Waals surface area contributed by atoms with E-state index in [1.54, 1.807) is 0 Å². The molecule has 0 aliphatic heterocycles. The third kappa shape index (κ3) is 12.1. The summed E-state index contributed by atoms with van der Waals surface area (Å²) in [6.07, 6.45) is 11.7. The van der Waals surface area contributed by atoms with E-state index < -0.39 is 0 Å². The van der Waals surface area contributed by atoms with E-state index in [1.165, 1.54) is 56.2 Å². The standard InChI is InChI=1S/C18H35N/c1-6-7-8-9-10-11-12-15-19-18(5)14-13-17(4)16(2)3/h16,19H,4-15H2,1-3H3. The Morgan fingerprint density at radius 2 is 1.47 bits per heavy atom. The van der Waals surface area contributed by atoms with E-state index in [0.29, 0.717) is 5.92 Å². The SMILES string of the molecule is C=C(CCC(=C)C(C)C)NCCCCCCCCC. The molecule has 0 aromatic heterocycles. The highest BCUT2D eigenvalue weighted by Crippen LogP contribution is 2.15. The molecule has 0 rings (SSSR count). The molecule has 0 aliphatic rings. The van der Waals surface area contributed by atoms with Crippen LogP contribution in [0.3, 0.4) is 0 Å². The van der Waals surface area contributed by atoms with Crippen LogP contribution in [0.5, 0.6) is 0 Å². The van der Waals surface area contributed by atoms with Gasteiger partial charge in [-0.05, 0) is 25.2 Å². The quantitative estimate of drug-likeness (QED) is 0.326. The molecule has 1 nitrogen and oxygen atoms in total. The van der Waals surface area contributed by atoms with Crippen molar-refractivity contribution in [1.29, 1.82) is 0 Å². The Morgan fingerprint density at radius 3 is 2.05 bits per heavy atom. The van der Waals surface area contributed by atoms with Gasteiger partial charge in [-0.15, -0.1) is 0 Å². The lowest BCUT2D eigenvalue weighted by Gasteiger charge is -2.12. The van der Waals surface area contributed by atoms with Crippen molar-refractivity contribution in [2.24, 2.45) is 5.92 Å². The van der Waals surface area contributed by atoms with Gasteiger partial charge in [0.2, 0.25) is 0 Å². The van der Waals surface area contributed by atoms with Crippen LogP contribution in [0.15, 0.2) is 24.4 Å². The highest BCUT2D eigenvalue weighted by Gasteiger charge is 2.01. The lowest BCUT2D eigenvalue weighted by Crippen LogP contribution is -2.14. The summed E-state index contributed by atoms with van der Waals surface area (Å²) in [5, 5.41) is 3.44. The third-order valence-corrected chi connectivity index (χ3v) is 3.72. The maximum Gasteiger partial charge on any atom is 0.0143 e. The number of hydrogen-bond donors (Lipinski definition) is 1. The summed E-state index contributed by atoms with van der Waals surface area (Å²) in [5.74, 6) is 0.593. The van der Waals surface area contributed by atoms with Crippen LogP contribution in [0, 0.1) is 5.92 Å². The van der Waals surface area contributed by atoms with Crippen molar-refractivity contribution in [2.75, 3.05) is 6.54 Å². The van der Waals surface area contributed by atoms with Crippen LogP contribution in [-0.4, -0.2) is 6.54 Å². The topological polar surface area (TPSA) is 12.0 Å². The van der Waals surface area contributed by atoms with Crippen molar-refractivity contribution in [3.8, 4) is 0 Å². The zero-order valence-electron chi connectivity index (χ0n) is 13.6. The molecule has 0 bridgehead atoms. The number of unbranched alkanes of at least 4 members (excludes halogenated alkanes) is 6. The zero-order valence-corrected chi connectivity index (χ0v) is 13.6. The Balaban J connectivity index is 3.32. The Kier molecular flexibility index (Phi) is 11.9. The summed E-state index contributed by atoms with van der Waals surface area (Å²) in [4.78, 5) is 0. The van der Waals surface area contributed by atoms with Gasteiger partial charge in [0, 0.05) is 12.2 Å². The molecule has 1 N–H and O–H groups in total. The average molecular weight is 265 g/mol. The first-order valence-corrected chi connectivity index (χ1v) is 8.17. The first kappa shape index (κ1) is 18.3. The van der Waals surface area contributed by atoms with Gasteiger partial charge in [-0.2, -0.15) is 0 Å². The van der Waals surface area contributed by atoms with Crippen LogP contribution in [0.2, 0.25) is 0 Å². The van der Waals surface area contributed by atoms with Crippen molar-refractivity contribution in [1.82, 2.24) is 5.32 Å². The summed E-state index contributed by atoms with van der Waals surface area (Å²) < 4.78 is 0. The van der Waals surface area contributed by atoms with E-state index in [2.05, 4.69) is 39.2 Å². The van der Waals surface area contributed by atoms with Gasteiger partial charge in [0.05, 0.1) is 0 Å². The summed E-state index contributed by atoms with van der Waals surface area (Å²) >= 11 is 0. The maximum atomic E-state index is 4.10. The lowest BCUT2D eigenvalue weighted by atomic mass is 10.00. The number of rotatable bonds is 13. The van der Waals surface area contributed by atoms with Crippen molar-refractivity contribution in [3.63, 3.8) is 0 Å². The fraction of sp³-hybridized carbons (Fsp3) is 0.778. The Morgan fingerprint density at radius 1 is 0.895 bits per heavy atom. The van der Waals surface area contributed by atoms with Gasteiger partial charge >= 0.3 is 0 Å². The van der Waals surface area contributed by atoms with E-state index in [-0.39, 0.29) is 0 Å². The van der Waals surface area contributed by atoms with Gasteiger partial charge in [0.1, 0.15) is 0 Å². The summed E-state index contributed by atoms with van der Waals surface area (Å²) in [7, 11) is 0. The van der Waals surface area contributed by atoms with E-state index in [1.807, 2.05) is 0 Å². The Bertz CT molecular complexity index is 240. The minimum atomic E-state index is 0.593. The van der Waals surface area contributed by atoms with Gasteiger partial charge in [0.15, 0.2) is 0 Å². The van der Waals surface area contributed by atoms with Crippen molar-refractivity contribution >= 4 is 0 Å². The second-order valence-corrected chi connectivity index (χ2v) is 5.96. The van der Waals surface area contributed by atoms with Crippen LogP contribution in [0.4, 0.5) is 0 Å². The molecule has 0 heterocycles. The predicted molar refractivity (Wildman–Crippen MR) is 88.3 cm³/mol. The van der Waals surface area contributed by atoms with Crippen LogP contribution < -0.4 is 5.32 Å². The maximum absolute atomic E-state index is 4.10. The Labute approximate surface area is 121 Å². The van der Waals surface area contributed by atoms with Gasteiger partial charge in [-0.25, -0.2) is 0 Å². The smallest absolute Gasteiger partial charge is 0.0143 e. The molecule has 0 fully saturated rings. The number of nitrogens with one attached hydrogen (secondary N) is 1. The van der Waals surface area contributed by atoms with Gasteiger partial charge in [-0.1, -0.05) is 78.0 Å². The molecule has 0 atom stereocenters. The van der Waals surface area contributed by atoms with E-state index >= 15 is 0 Å². The summed E-state index contributed by atoms with van der Waals surface area (Å²) in [6.45, 7) is 16.0. The lowest BCUT2D eigenvalue weighted by molar-refractivity contribution is 0.574. The summed E-state index contributed by atoms with van der Waals surface area (Å²) in [6, 6.07) is 0. The van der Waals surface area contributed by atoms with Gasteiger partial charge < -0.3 is 5.32 Å². The Hall–Kier alpha value is -0.720. The van der Waals surface area contributed by atoms with Crippen molar-refractivity contribution in [2.45, 2.75) is 78.6 Å². The van der Waals surface area contributed by atoms with Crippen molar-refractivity contribution < 1.29 is 0 Å². The van der Waals surface area contributed by atoms with Crippen LogP contribution >= 0.6 is 0 Å². The molecule has 19 heavy (non-hydrogen) atoms. The highest BCUT2D eigenvalue weighted by atomic mass is 14.9. The third-order valence-electron chi connectivity index (χ3n) is 3.72. The molecular formula is C18H35N. The molecule has 0 unspecified atom stereocenters. The minimum Gasteiger partial charge on any atom is -0.389 e. The van der Waals surface area contributed by atoms with Gasteiger partial charge in [0.25, 0.3) is 0 Å². The zero-order chi connectivity index (χ0) is 14.5. The molecular weight excluding hydrogens is 230 g/mol. The molecule has 1 heteroatoms. The normalized spacial score (nSPS) is 10.7. The fourth-order valence-corrected chi connectivity index (χ4v) is 2.04. The van der Waals surface area contributed by atoms with Crippen LogP contribution in [0.25, 0.3) is 0 Å².